The summed E-state index contributed by atoms with van der Waals surface area (Å²) in [5.41, 5.74) is 0. The van der Waals surface area contributed by atoms with Crippen molar-refractivity contribution in [1.82, 2.24) is 0 Å². The molecule has 0 aliphatic carbocycles. The molecule has 139 valence electrons. The Morgan fingerprint density at radius 3 is 1.22 bits per heavy atom. The van der Waals surface area contributed by atoms with Gasteiger partial charge in [-0.2, -0.15) is 57.8 Å². The van der Waals surface area contributed by atoms with Crippen LogP contribution in [0.4, 0.5) is 57.1 Å². The molecule has 1 unspecified atom stereocenters. The van der Waals surface area contributed by atoms with Crippen molar-refractivity contribution in [3.05, 3.63) is 0 Å². The van der Waals surface area contributed by atoms with E-state index in [1.807, 2.05) is 0 Å². The SMILES string of the molecule is CCC(F)C(F)(F)C(F)(F)C(F)(F)C(F)(F)C(F)(F)C([O])(F)F. The van der Waals surface area contributed by atoms with Crippen LogP contribution in [0.3, 0.4) is 0 Å². The highest BCUT2D eigenvalue weighted by Crippen LogP contribution is 2.60. The fourth-order valence-electron chi connectivity index (χ4n) is 1.24. The van der Waals surface area contributed by atoms with Gasteiger partial charge in [0.1, 0.15) is 0 Å². The third kappa shape index (κ3) is 2.82. The molecule has 0 fully saturated rings. The third-order valence-corrected chi connectivity index (χ3v) is 2.72. The van der Waals surface area contributed by atoms with Gasteiger partial charge >= 0.3 is 35.7 Å². The summed E-state index contributed by atoms with van der Waals surface area (Å²) < 4.78 is 164. The van der Waals surface area contributed by atoms with Gasteiger partial charge in [0.2, 0.25) is 0 Å². The molecule has 0 aromatic carbocycles. The second-order valence-electron chi connectivity index (χ2n) is 4.31. The van der Waals surface area contributed by atoms with Crippen LogP contribution < -0.4 is 0 Å². The van der Waals surface area contributed by atoms with Crippen molar-refractivity contribution < 1.29 is 62.2 Å². The van der Waals surface area contributed by atoms with E-state index in [4.69, 9.17) is 0 Å². The number of hydrogen-bond donors (Lipinski definition) is 0. The van der Waals surface area contributed by atoms with Gasteiger partial charge < -0.3 is 0 Å². The fourth-order valence-corrected chi connectivity index (χ4v) is 1.24. The van der Waals surface area contributed by atoms with E-state index in [0.717, 1.165) is 0 Å². The zero-order chi connectivity index (χ0) is 19.3. The summed E-state index contributed by atoms with van der Waals surface area (Å²) in [6.45, 7) is 0.394. The first-order valence-corrected chi connectivity index (χ1v) is 5.34. The molecule has 1 atom stereocenters. The Labute approximate surface area is 119 Å². The Morgan fingerprint density at radius 2 is 0.957 bits per heavy atom. The summed E-state index contributed by atoms with van der Waals surface area (Å²) in [4.78, 5) is 0. The summed E-state index contributed by atoms with van der Waals surface area (Å²) in [6.07, 6.45) is -13.0. The average Bonchev–Trinajstić information content (AvgIpc) is 2.35. The van der Waals surface area contributed by atoms with E-state index in [1.165, 1.54) is 0 Å². The Bertz CT molecular complexity index is 424. The topological polar surface area (TPSA) is 19.9 Å². The van der Waals surface area contributed by atoms with Crippen molar-refractivity contribution in [2.24, 2.45) is 0 Å². The van der Waals surface area contributed by atoms with Crippen LogP contribution in [0, 0.1) is 0 Å². The molecule has 0 saturated heterocycles. The van der Waals surface area contributed by atoms with E-state index < -0.39 is 48.3 Å². The molecule has 14 heteroatoms. The predicted molar refractivity (Wildman–Crippen MR) is 45.6 cm³/mol. The van der Waals surface area contributed by atoms with Crippen LogP contribution in [0.25, 0.3) is 0 Å². The van der Waals surface area contributed by atoms with Crippen LogP contribution in [-0.2, 0) is 5.11 Å². The van der Waals surface area contributed by atoms with E-state index in [0.29, 0.717) is 6.92 Å². The van der Waals surface area contributed by atoms with Crippen molar-refractivity contribution in [3.63, 3.8) is 0 Å². The molecule has 0 aliphatic rings. The van der Waals surface area contributed by atoms with E-state index in [-0.39, 0.29) is 0 Å². The van der Waals surface area contributed by atoms with Crippen LogP contribution in [-0.4, -0.2) is 41.9 Å². The standard InChI is InChI=1S/C9H6F13O/c1-2-3(10)4(11,12)5(13,14)6(15,16)7(17,18)8(19,20)9(21,22)23/h3H,2H2,1H3. The maximum absolute atomic E-state index is 12.9. The Morgan fingerprint density at radius 1 is 0.652 bits per heavy atom. The highest BCUT2D eigenvalue weighted by atomic mass is 19.4. The molecule has 1 radical (unpaired) electrons. The lowest BCUT2D eigenvalue weighted by Gasteiger charge is -2.40. The van der Waals surface area contributed by atoms with Crippen molar-refractivity contribution in [1.29, 1.82) is 0 Å². The van der Waals surface area contributed by atoms with Crippen molar-refractivity contribution >= 4 is 0 Å². The normalized spacial score (nSPS) is 17.3. The van der Waals surface area contributed by atoms with Gasteiger partial charge in [-0.05, 0) is 6.42 Å². The molecule has 0 bridgehead atoms. The molecule has 23 heavy (non-hydrogen) atoms. The lowest BCUT2D eigenvalue weighted by molar-refractivity contribution is -0.463. The molecule has 0 aromatic heterocycles. The summed E-state index contributed by atoms with van der Waals surface area (Å²) in [5.74, 6) is -37.6. The number of rotatable bonds is 7. The molecule has 0 N–H and O–H groups in total. The predicted octanol–water partition coefficient (Wildman–Crippen LogP) is 4.93. The average molecular weight is 377 g/mol. The van der Waals surface area contributed by atoms with E-state index in [1.54, 1.807) is 0 Å². The van der Waals surface area contributed by atoms with Gasteiger partial charge in [0, 0.05) is 0 Å². The highest BCUT2D eigenvalue weighted by Gasteiger charge is 2.91. The minimum atomic E-state index is -7.92. The minimum absolute atomic E-state index is 0.394. The molecular weight excluding hydrogens is 371 g/mol. The molecular formula is C9H6F13O. The minimum Gasteiger partial charge on any atom is -0.241 e. The maximum atomic E-state index is 12.9. The van der Waals surface area contributed by atoms with E-state index in [9.17, 15) is 62.2 Å². The highest BCUT2D eigenvalue weighted by molar-refractivity contribution is 5.11. The van der Waals surface area contributed by atoms with Gasteiger partial charge in [-0.3, -0.25) is 0 Å². The smallest absolute Gasteiger partial charge is 0.241 e. The Balaban J connectivity index is 6.25. The quantitative estimate of drug-likeness (QED) is 0.561. The van der Waals surface area contributed by atoms with Crippen LogP contribution in [0.2, 0.25) is 0 Å². The molecule has 0 amide bonds. The van der Waals surface area contributed by atoms with Gasteiger partial charge in [-0.25, -0.2) is 4.39 Å². The molecule has 1 nitrogen and oxygen atoms in total. The molecule has 0 saturated carbocycles. The van der Waals surface area contributed by atoms with Crippen LogP contribution in [0.1, 0.15) is 13.3 Å². The van der Waals surface area contributed by atoms with Crippen LogP contribution >= 0.6 is 0 Å². The van der Waals surface area contributed by atoms with Crippen LogP contribution in [0.5, 0.6) is 0 Å². The fraction of sp³-hybridized carbons (Fsp3) is 1.00. The second kappa shape index (κ2) is 5.55. The zero-order valence-electron chi connectivity index (χ0n) is 10.6. The van der Waals surface area contributed by atoms with Gasteiger partial charge in [-0.15, -0.1) is 0 Å². The first kappa shape index (κ1) is 22.1. The van der Waals surface area contributed by atoms with Crippen LogP contribution in [0.15, 0.2) is 0 Å². The number of hydrogen-bond acceptors (Lipinski definition) is 0. The lowest BCUT2D eigenvalue weighted by atomic mass is 9.91. The molecule has 0 spiro atoms. The first-order valence-electron chi connectivity index (χ1n) is 5.34. The summed E-state index contributed by atoms with van der Waals surface area (Å²) in [6, 6.07) is 0. The number of alkyl halides is 13. The summed E-state index contributed by atoms with van der Waals surface area (Å²) in [5, 5.41) is 9.58. The summed E-state index contributed by atoms with van der Waals surface area (Å²) >= 11 is 0. The van der Waals surface area contributed by atoms with Crippen molar-refractivity contribution in [2.75, 3.05) is 0 Å². The van der Waals surface area contributed by atoms with E-state index in [2.05, 4.69) is 0 Å². The van der Waals surface area contributed by atoms with Crippen molar-refractivity contribution in [2.45, 2.75) is 55.2 Å². The lowest BCUT2D eigenvalue weighted by Crippen LogP contribution is -2.71. The van der Waals surface area contributed by atoms with Gasteiger partial charge in [0.15, 0.2) is 6.17 Å². The summed E-state index contributed by atoms with van der Waals surface area (Å²) in [7, 11) is 0. The maximum Gasteiger partial charge on any atom is 0.452 e. The van der Waals surface area contributed by atoms with Gasteiger partial charge in [0.05, 0.1) is 0 Å². The molecule has 0 heterocycles. The molecule has 0 aromatic rings. The monoisotopic (exact) mass is 377 g/mol. The first-order chi connectivity index (χ1) is 9.73. The van der Waals surface area contributed by atoms with Gasteiger partial charge in [0.25, 0.3) is 0 Å². The van der Waals surface area contributed by atoms with Crippen molar-refractivity contribution in [3.8, 4) is 0 Å². The Kier molecular flexibility index (Phi) is 5.32. The molecule has 0 aliphatic heterocycles. The Hall–Kier alpha value is -0.950. The van der Waals surface area contributed by atoms with Gasteiger partial charge in [-0.1, -0.05) is 6.92 Å². The third-order valence-electron chi connectivity index (χ3n) is 2.72. The largest absolute Gasteiger partial charge is 0.452 e. The number of halogens is 13. The second-order valence-corrected chi connectivity index (χ2v) is 4.31. The van der Waals surface area contributed by atoms with E-state index >= 15 is 0 Å². The molecule has 0 rings (SSSR count). The zero-order valence-corrected chi connectivity index (χ0v) is 10.6.